The van der Waals surface area contributed by atoms with Crippen LogP contribution < -0.4 is 17.1 Å². The number of carbonyl (C=O) groups excluding carboxylic acids is 6. The van der Waals surface area contributed by atoms with Crippen LogP contribution in [0.4, 0.5) is 0 Å². The van der Waals surface area contributed by atoms with Crippen molar-refractivity contribution in [1.29, 1.82) is 0 Å². The third kappa shape index (κ3) is 51.7. The van der Waals surface area contributed by atoms with Gasteiger partial charge in [-0.25, -0.2) is 14.4 Å². The van der Waals surface area contributed by atoms with Crippen LogP contribution in [0.25, 0.3) is 0 Å². The Morgan fingerprint density at radius 2 is 0.387 bits per heavy atom. The molecule has 0 radical (unpaired) electrons. The molecule has 0 saturated carbocycles. The van der Waals surface area contributed by atoms with E-state index >= 15 is 0 Å². The van der Waals surface area contributed by atoms with E-state index in [4.69, 9.17) is 14.2 Å². The molecule has 1 rings (SSSR count). The minimum absolute atomic E-state index is 0.106. The minimum Gasteiger partial charge on any atom is -0.466 e. The lowest BCUT2D eigenvalue weighted by Gasteiger charge is -2.12. The Hall–Kier alpha value is -3.12. The zero-order chi connectivity index (χ0) is 67.7. The van der Waals surface area contributed by atoms with Gasteiger partial charge in [-0.2, -0.15) is 49.0 Å². The Morgan fingerprint density at radius 3 is 0.559 bits per heavy atom. The SMILES string of the molecule is CCCCCCCCCCCCCCCCCCOC(=O)CCSCCC(=O)n1c(=O)n(C(=O)CCSCCC(=O)OCCCCCCCCCCCCCCCCCC)c(=O)n(C(=O)CCSCCC(=O)OCCCCCCCCCCCCCCCCCC)c1=O. The van der Waals surface area contributed by atoms with E-state index in [1.54, 1.807) is 0 Å². The first kappa shape index (κ1) is 87.9. The lowest BCUT2D eigenvalue weighted by molar-refractivity contribution is -0.144. The molecular formula is C75H135N3O12S3. The molecule has 15 nitrogen and oxygen atoms in total. The predicted octanol–water partition coefficient (Wildman–Crippen LogP) is 20.0. The molecule has 0 unspecified atom stereocenters. The van der Waals surface area contributed by atoms with Gasteiger partial charge in [0, 0.05) is 53.8 Å². The number of nitrogens with zero attached hydrogens (tertiary/aromatic N) is 3. The molecule has 0 aliphatic heterocycles. The lowest BCUT2D eigenvalue weighted by atomic mass is 10.0. The second-order valence-corrected chi connectivity index (χ2v) is 29.6. The van der Waals surface area contributed by atoms with Gasteiger partial charge in [0.15, 0.2) is 0 Å². The van der Waals surface area contributed by atoms with E-state index in [0.717, 1.165) is 57.8 Å². The molecule has 1 aromatic heterocycles. The van der Waals surface area contributed by atoms with Crippen molar-refractivity contribution in [1.82, 2.24) is 13.7 Å². The number of ether oxygens (including phenoxy) is 3. The van der Waals surface area contributed by atoms with E-state index in [1.807, 2.05) is 0 Å². The van der Waals surface area contributed by atoms with Gasteiger partial charge in [-0.15, -0.1) is 0 Å². The van der Waals surface area contributed by atoms with Crippen LogP contribution in [0.15, 0.2) is 14.4 Å². The summed E-state index contributed by atoms with van der Waals surface area (Å²) in [6, 6.07) is 0. The van der Waals surface area contributed by atoms with Crippen molar-refractivity contribution in [2.45, 2.75) is 367 Å². The van der Waals surface area contributed by atoms with Crippen molar-refractivity contribution < 1.29 is 43.0 Å². The van der Waals surface area contributed by atoms with Gasteiger partial charge < -0.3 is 14.2 Å². The highest BCUT2D eigenvalue weighted by atomic mass is 32.2. The van der Waals surface area contributed by atoms with Crippen LogP contribution in [-0.4, -0.2) is 104 Å². The van der Waals surface area contributed by atoms with Crippen LogP contribution in [0, 0.1) is 0 Å². The molecule has 93 heavy (non-hydrogen) atoms. The highest BCUT2D eigenvalue weighted by molar-refractivity contribution is 7.99. The van der Waals surface area contributed by atoms with Crippen molar-refractivity contribution in [2.75, 3.05) is 54.3 Å². The summed E-state index contributed by atoms with van der Waals surface area (Å²) >= 11 is 3.74. The maximum Gasteiger partial charge on any atom is 0.350 e. The third-order valence-corrected chi connectivity index (χ3v) is 20.4. The molecule has 0 atom stereocenters. The summed E-state index contributed by atoms with van der Waals surface area (Å²) in [6.45, 7) is 7.82. The fraction of sp³-hybridized carbons (Fsp3) is 0.880. The molecule has 1 heterocycles. The largest absolute Gasteiger partial charge is 0.466 e. The fourth-order valence-corrected chi connectivity index (χ4v) is 14.0. The molecule has 0 aliphatic rings. The van der Waals surface area contributed by atoms with Gasteiger partial charge >= 0.3 is 35.0 Å². The van der Waals surface area contributed by atoms with Crippen LogP contribution in [0.1, 0.15) is 382 Å². The van der Waals surface area contributed by atoms with Crippen LogP contribution in [-0.2, 0) is 28.6 Å². The highest BCUT2D eigenvalue weighted by Gasteiger charge is 2.27. The summed E-state index contributed by atoms with van der Waals surface area (Å²) in [5.41, 5.74) is -4.37. The minimum atomic E-state index is -1.46. The number of hydrogen-bond donors (Lipinski definition) is 0. The molecule has 0 saturated heterocycles. The molecule has 0 spiro atoms. The normalized spacial score (nSPS) is 11.4. The van der Waals surface area contributed by atoms with Gasteiger partial charge in [0.2, 0.25) is 17.7 Å². The lowest BCUT2D eigenvalue weighted by Crippen LogP contribution is -2.59. The van der Waals surface area contributed by atoms with E-state index in [1.165, 1.54) is 286 Å². The average Bonchev–Trinajstić information content (AvgIpc) is 0.771. The van der Waals surface area contributed by atoms with Gasteiger partial charge in [0.05, 0.1) is 39.1 Å². The standard InChI is InChI=1S/C75H135N3O12S3/c1-4-7-10-13-16-19-22-25-28-31-34-37-40-43-46-49-58-88-70(82)55-64-91-61-52-67(79)76-73(85)77(68(80)53-62-92-65-56-71(83)89-59-50-47-44-41-38-35-32-29-26-23-20-17-14-11-8-5-2)75(87)78(74(76)86)69(81)54-63-93-66-57-72(84)90-60-51-48-45-42-39-36-33-30-27-24-21-18-15-12-9-6-3/h4-66H2,1-3H3. The zero-order valence-electron chi connectivity index (χ0n) is 59.5. The number of hydrogen-bond acceptors (Lipinski definition) is 15. The molecular weight excluding hydrogens is 1230 g/mol. The molecule has 0 aromatic carbocycles. The molecule has 0 fully saturated rings. The monoisotopic (exact) mass is 1370 g/mol. The first-order valence-corrected chi connectivity index (χ1v) is 41.8. The first-order valence-electron chi connectivity index (χ1n) is 38.3. The number of unbranched alkanes of at least 4 members (excludes halogenated alkanes) is 45. The number of esters is 3. The second-order valence-electron chi connectivity index (χ2n) is 25.9. The maximum atomic E-state index is 13.8. The summed E-state index contributed by atoms with van der Waals surface area (Å²) in [7, 11) is 0. The summed E-state index contributed by atoms with van der Waals surface area (Å²) in [5.74, 6) is -2.79. The van der Waals surface area contributed by atoms with E-state index in [-0.39, 0.29) is 87.4 Å². The van der Waals surface area contributed by atoms with Crippen LogP contribution in [0.3, 0.4) is 0 Å². The van der Waals surface area contributed by atoms with E-state index in [9.17, 15) is 43.2 Å². The van der Waals surface area contributed by atoms with Crippen LogP contribution >= 0.6 is 35.3 Å². The van der Waals surface area contributed by atoms with Crippen molar-refractivity contribution in [3.63, 3.8) is 0 Å². The molecule has 0 bridgehead atoms. The van der Waals surface area contributed by atoms with Gasteiger partial charge in [-0.3, -0.25) is 28.8 Å². The van der Waals surface area contributed by atoms with Gasteiger partial charge in [0.1, 0.15) is 0 Å². The molecule has 540 valence electrons. The summed E-state index contributed by atoms with van der Waals surface area (Å²) in [4.78, 5) is 120. The quantitative estimate of drug-likeness (QED) is 0.0339. The van der Waals surface area contributed by atoms with Gasteiger partial charge in [-0.05, 0) is 19.3 Å². The molecule has 18 heteroatoms. The number of rotatable bonds is 69. The Kier molecular flexibility index (Phi) is 62.5. The smallest absolute Gasteiger partial charge is 0.350 e. The predicted molar refractivity (Wildman–Crippen MR) is 392 cm³/mol. The molecule has 0 aliphatic carbocycles. The van der Waals surface area contributed by atoms with Crippen molar-refractivity contribution in [3.8, 4) is 0 Å². The third-order valence-electron chi connectivity index (χ3n) is 17.4. The Balaban J connectivity index is 2.61. The maximum absolute atomic E-state index is 13.8. The number of aromatic nitrogens is 3. The summed E-state index contributed by atoms with van der Waals surface area (Å²) in [6.07, 6.45) is 59.6. The van der Waals surface area contributed by atoms with E-state index in [2.05, 4.69) is 20.8 Å². The summed E-state index contributed by atoms with van der Waals surface area (Å²) < 4.78 is 16.8. The number of thioether (sulfide) groups is 3. The zero-order valence-corrected chi connectivity index (χ0v) is 62.0. The second kappa shape index (κ2) is 66.1. The Bertz CT molecular complexity index is 1930. The van der Waals surface area contributed by atoms with Gasteiger partial charge in [-0.1, -0.05) is 310 Å². The topological polar surface area (TPSA) is 196 Å². The van der Waals surface area contributed by atoms with E-state index in [0.29, 0.717) is 37.1 Å². The average molecular weight is 1370 g/mol. The van der Waals surface area contributed by atoms with E-state index < -0.39 is 34.8 Å². The molecule has 0 N–H and O–H groups in total. The highest BCUT2D eigenvalue weighted by Crippen LogP contribution is 2.18. The van der Waals surface area contributed by atoms with Crippen molar-refractivity contribution >= 4 is 70.9 Å². The summed E-state index contributed by atoms with van der Waals surface area (Å²) in [5, 5.41) is 0. The first-order chi connectivity index (χ1) is 45.5. The van der Waals surface area contributed by atoms with Crippen LogP contribution in [0.2, 0.25) is 0 Å². The Labute approximate surface area is 577 Å². The molecule has 0 amide bonds. The molecule has 1 aromatic rings. The number of carbonyl (C=O) groups is 6. The van der Waals surface area contributed by atoms with Crippen molar-refractivity contribution in [2.24, 2.45) is 0 Å². The fourth-order valence-electron chi connectivity index (χ4n) is 11.5. The van der Waals surface area contributed by atoms with Crippen molar-refractivity contribution in [3.05, 3.63) is 31.5 Å². The Morgan fingerprint density at radius 1 is 0.237 bits per heavy atom. The van der Waals surface area contributed by atoms with Gasteiger partial charge in [0.25, 0.3) is 0 Å². The van der Waals surface area contributed by atoms with Crippen LogP contribution in [0.5, 0.6) is 0 Å².